The summed E-state index contributed by atoms with van der Waals surface area (Å²) in [4.78, 5) is 13.0. The van der Waals surface area contributed by atoms with E-state index < -0.39 is 7.75 Å². The third-order valence-corrected chi connectivity index (χ3v) is 4.87. The Morgan fingerprint density at radius 3 is 2.58 bits per heavy atom. The zero-order valence-corrected chi connectivity index (χ0v) is 13.7. The standard InChI is InChI=1S/C13H22NO3PS/c1-6-11-10(4)13(19-5)8-7-12(11)17-18(15,16)14-9(2)3/h7-9H,6H2,1-5H3,(H2,14,15,16)/p-1. The molecule has 1 aromatic carbocycles. The van der Waals surface area contributed by atoms with Crippen LogP contribution in [0.1, 0.15) is 31.9 Å². The molecule has 0 aliphatic heterocycles. The van der Waals surface area contributed by atoms with Gasteiger partial charge in [0.25, 0.3) is 7.75 Å². The molecular formula is C13H21NO3PS-. The van der Waals surface area contributed by atoms with E-state index in [1.165, 1.54) is 0 Å². The van der Waals surface area contributed by atoms with Gasteiger partial charge < -0.3 is 9.42 Å². The summed E-state index contributed by atoms with van der Waals surface area (Å²) in [5, 5.41) is 2.44. The van der Waals surface area contributed by atoms with Gasteiger partial charge in [-0.05, 0) is 56.7 Å². The first-order chi connectivity index (χ1) is 8.80. The largest absolute Gasteiger partial charge is 0.756 e. The van der Waals surface area contributed by atoms with Gasteiger partial charge in [-0.25, -0.2) is 5.09 Å². The van der Waals surface area contributed by atoms with Gasteiger partial charge in [0, 0.05) is 10.9 Å². The highest BCUT2D eigenvalue weighted by Crippen LogP contribution is 2.39. The number of hydrogen-bond acceptors (Lipinski definition) is 4. The molecule has 0 aromatic heterocycles. The predicted octanol–water partition coefficient (Wildman–Crippen LogP) is 3.12. The average Bonchev–Trinajstić information content (AvgIpc) is 2.27. The maximum Gasteiger partial charge on any atom is 0.254 e. The van der Waals surface area contributed by atoms with Crippen molar-refractivity contribution in [3.63, 3.8) is 0 Å². The van der Waals surface area contributed by atoms with Crippen LogP contribution in [-0.2, 0) is 11.0 Å². The van der Waals surface area contributed by atoms with Crippen LogP contribution in [0.3, 0.4) is 0 Å². The van der Waals surface area contributed by atoms with Gasteiger partial charge in [0.1, 0.15) is 5.75 Å². The Balaban J connectivity index is 3.08. The molecule has 4 nitrogen and oxygen atoms in total. The van der Waals surface area contributed by atoms with E-state index >= 15 is 0 Å². The van der Waals surface area contributed by atoms with Gasteiger partial charge in [0.05, 0.1) is 0 Å². The number of rotatable bonds is 6. The molecule has 1 rings (SSSR count). The Bertz CT molecular complexity index is 491. The topological polar surface area (TPSA) is 61.4 Å². The normalized spacial score (nSPS) is 14.5. The zero-order chi connectivity index (χ0) is 14.6. The van der Waals surface area contributed by atoms with Crippen molar-refractivity contribution in [1.82, 2.24) is 5.09 Å². The lowest BCUT2D eigenvalue weighted by molar-refractivity contribution is -0.195. The molecular weight excluding hydrogens is 281 g/mol. The predicted molar refractivity (Wildman–Crippen MR) is 78.8 cm³/mol. The highest BCUT2D eigenvalue weighted by atomic mass is 32.2. The van der Waals surface area contributed by atoms with Crippen LogP contribution in [0.25, 0.3) is 0 Å². The molecule has 1 unspecified atom stereocenters. The maximum absolute atomic E-state index is 11.8. The molecule has 0 spiro atoms. The fraction of sp³-hybridized carbons (Fsp3) is 0.538. The number of hydrogen-bond donors (Lipinski definition) is 1. The molecule has 0 aliphatic carbocycles. The van der Waals surface area contributed by atoms with Gasteiger partial charge >= 0.3 is 0 Å². The summed E-state index contributed by atoms with van der Waals surface area (Å²) in [5.41, 5.74) is 2.02. The third kappa shape index (κ3) is 4.53. The fourth-order valence-corrected chi connectivity index (χ4v) is 3.68. The molecule has 1 aromatic rings. The summed E-state index contributed by atoms with van der Waals surface area (Å²) >= 11 is 1.64. The molecule has 0 saturated carbocycles. The van der Waals surface area contributed by atoms with Crippen molar-refractivity contribution in [2.45, 2.75) is 45.1 Å². The number of thioether (sulfide) groups is 1. The van der Waals surface area contributed by atoms with Gasteiger partial charge in [-0.3, -0.25) is 4.57 Å². The molecule has 1 atom stereocenters. The molecule has 1 N–H and O–H groups in total. The Labute approximate surface area is 119 Å². The van der Waals surface area contributed by atoms with Gasteiger partial charge in [-0.15, -0.1) is 11.8 Å². The van der Waals surface area contributed by atoms with Crippen molar-refractivity contribution >= 4 is 19.5 Å². The average molecular weight is 302 g/mol. The Kier molecular flexibility index (Phi) is 5.93. The Morgan fingerprint density at radius 1 is 1.47 bits per heavy atom. The second kappa shape index (κ2) is 6.80. The lowest BCUT2D eigenvalue weighted by Gasteiger charge is -2.28. The smallest absolute Gasteiger partial charge is 0.254 e. The third-order valence-electron chi connectivity index (χ3n) is 2.71. The van der Waals surface area contributed by atoms with Gasteiger partial charge in [0.15, 0.2) is 0 Å². The minimum absolute atomic E-state index is 0.181. The summed E-state index contributed by atoms with van der Waals surface area (Å²) in [6.07, 6.45) is 2.73. The van der Waals surface area contributed by atoms with E-state index in [0.717, 1.165) is 22.4 Å². The van der Waals surface area contributed by atoms with E-state index in [0.29, 0.717) is 5.75 Å². The highest BCUT2D eigenvalue weighted by molar-refractivity contribution is 7.98. The SMILES string of the molecule is CCc1c(OP(=O)([O-])NC(C)C)ccc(SC)c1C. The summed E-state index contributed by atoms with van der Waals surface area (Å²) in [7, 11) is -4.06. The van der Waals surface area contributed by atoms with E-state index in [1.54, 1.807) is 31.7 Å². The fourth-order valence-electron chi connectivity index (χ4n) is 1.93. The van der Waals surface area contributed by atoms with Crippen LogP contribution in [0, 0.1) is 6.92 Å². The highest BCUT2D eigenvalue weighted by Gasteiger charge is 2.16. The van der Waals surface area contributed by atoms with Crippen molar-refractivity contribution in [3.05, 3.63) is 23.3 Å². The lowest BCUT2D eigenvalue weighted by atomic mass is 10.1. The van der Waals surface area contributed by atoms with Crippen molar-refractivity contribution in [2.24, 2.45) is 0 Å². The van der Waals surface area contributed by atoms with Crippen molar-refractivity contribution < 1.29 is 14.0 Å². The van der Waals surface area contributed by atoms with Crippen LogP contribution >= 0.6 is 19.5 Å². The molecule has 108 valence electrons. The van der Waals surface area contributed by atoms with Crippen LogP contribution < -0.4 is 14.5 Å². The molecule has 6 heteroatoms. The van der Waals surface area contributed by atoms with Crippen LogP contribution in [-0.4, -0.2) is 12.3 Å². The molecule has 0 heterocycles. The van der Waals surface area contributed by atoms with Crippen molar-refractivity contribution in [2.75, 3.05) is 6.26 Å². The first kappa shape index (κ1) is 16.6. The van der Waals surface area contributed by atoms with Crippen molar-refractivity contribution in [3.8, 4) is 5.75 Å². The number of benzene rings is 1. The van der Waals surface area contributed by atoms with Crippen LogP contribution in [0.2, 0.25) is 0 Å². The second-order valence-electron chi connectivity index (χ2n) is 4.60. The van der Waals surface area contributed by atoms with Crippen LogP contribution in [0.4, 0.5) is 0 Å². The molecule has 0 fully saturated rings. The van der Waals surface area contributed by atoms with E-state index in [-0.39, 0.29) is 6.04 Å². The Hall–Kier alpha value is -0.480. The monoisotopic (exact) mass is 302 g/mol. The quantitative estimate of drug-likeness (QED) is 0.646. The van der Waals surface area contributed by atoms with Crippen LogP contribution in [0.15, 0.2) is 17.0 Å². The minimum atomic E-state index is -4.06. The first-order valence-corrected chi connectivity index (χ1v) is 9.02. The maximum atomic E-state index is 11.8. The van der Waals surface area contributed by atoms with Gasteiger partial charge in [-0.1, -0.05) is 6.92 Å². The molecule has 0 saturated heterocycles. The minimum Gasteiger partial charge on any atom is -0.756 e. The lowest BCUT2D eigenvalue weighted by Crippen LogP contribution is -2.28. The van der Waals surface area contributed by atoms with E-state index in [2.05, 4.69) is 5.09 Å². The summed E-state index contributed by atoms with van der Waals surface area (Å²) < 4.78 is 17.0. The zero-order valence-electron chi connectivity index (χ0n) is 12.0. The van der Waals surface area contributed by atoms with E-state index in [1.807, 2.05) is 26.2 Å². The Morgan fingerprint density at radius 2 is 2.11 bits per heavy atom. The first-order valence-electron chi connectivity index (χ1n) is 6.25. The molecule has 19 heavy (non-hydrogen) atoms. The molecule has 0 aliphatic rings. The van der Waals surface area contributed by atoms with E-state index in [4.69, 9.17) is 4.52 Å². The van der Waals surface area contributed by atoms with E-state index in [9.17, 15) is 9.46 Å². The van der Waals surface area contributed by atoms with Gasteiger partial charge in [0.2, 0.25) is 0 Å². The molecule has 0 amide bonds. The second-order valence-corrected chi connectivity index (χ2v) is 6.88. The molecule has 0 bridgehead atoms. The molecule has 0 radical (unpaired) electrons. The van der Waals surface area contributed by atoms with Crippen LogP contribution in [0.5, 0.6) is 5.75 Å². The number of nitrogens with one attached hydrogen (secondary N) is 1. The van der Waals surface area contributed by atoms with Crippen molar-refractivity contribution in [1.29, 1.82) is 0 Å². The van der Waals surface area contributed by atoms with Gasteiger partial charge in [-0.2, -0.15) is 0 Å². The summed E-state index contributed by atoms with van der Waals surface area (Å²) in [6.45, 7) is 7.50. The summed E-state index contributed by atoms with van der Waals surface area (Å²) in [5.74, 6) is 0.421. The summed E-state index contributed by atoms with van der Waals surface area (Å²) in [6, 6.07) is 3.44.